The smallest absolute Gasteiger partial charge is 0.151 e. The fourth-order valence-corrected chi connectivity index (χ4v) is 1.58. The molecule has 0 aliphatic rings. The Hall–Kier alpha value is -1.62. The summed E-state index contributed by atoms with van der Waals surface area (Å²) in [6.45, 7) is 3.61. The lowest BCUT2D eigenvalue weighted by Crippen LogP contribution is -2.04. The highest BCUT2D eigenvalue weighted by Crippen LogP contribution is 2.22. The van der Waals surface area contributed by atoms with E-state index >= 15 is 0 Å². The van der Waals surface area contributed by atoms with Gasteiger partial charge < -0.3 is 10.8 Å². The van der Waals surface area contributed by atoms with E-state index in [0.717, 1.165) is 16.8 Å². The number of aliphatic hydroxyl groups excluding tert-OH is 1. The van der Waals surface area contributed by atoms with Gasteiger partial charge in [-0.15, -0.1) is 0 Å². The summed E-state index contributed by atoms with van der Waals surface area (Å²) in [7, 11) is 0. The van der Waals surface area contributed by atoms with Crippen molar-refractivity contribution in [3.63, 3.8) is 0 Å². The van der Waals surface area contributed by atoms with Crippen LogP contribution in [-0.2, 0) is 0 Å². The molecule has 0 aromatic carbocycles. The van der Waals surface area contributed by atoms with Crippen molar-refractivity contribution in [3.8, 4) is 0 Å². The Morgan fingerprint density at radius 2 is 2.29 bits per heavy atom. The molecule has 0 bridgehead atoms. The maximum absolute atomic E-state index is 9.50. The maximum Gasteiger partial charge on any atom is 0.151 e. The van der Waals surface area contributed by atoms with E-state index in [1.807, 2.05) is 13.0 Å². The van der Waals surface area contributed by atoms with Crippen LogP contribution in [0.25, 0.3) is 5.52 Å². The standard InChI is InChI=1S/C9H12N4O/c1-5-3-7(6(2)14)13-8(5)9(10)11-4-12-13/h3-4,6,14H,1-2H3,(H2,10,11,12). The molecule has 2 heterocycles. The van der Waals surface area contributed by atoms with E-state index in [2.05, 4.69) is 10.1 Å². The number of nitrogens with zero attached hydrogens (tertiary/aromatic N) is 3. The predicted octanol–water partition coefficient (Wildman–Crippen LogP) is 0.673. The molecule has 5 nitrogen and oxygen atoms in total. The van der Waals surface area contributed by atoms with Gasteiger partial charge >= 0.3 is 0 Å². The summed E-state index contributed by atoms with van der Waals surface area (Å²) in [5, 5.41) is 13.6. The number of nitrogen functional groups attached to an aromatic ring is 1. The van der Waals surface area contributed by atoms with E-state index in [1.165, 1.54) is 6.33 Å². The molecule has 0 aliphatic heterocycles. The molecule has 0 aliphatic carbocycles. The summed E-state index contributed by atoms with van der Waals surface area (Å²) >= 11 is 0. The van der Waals surface area contributed by atoms with Crippen LogP contribution in [0, 0.1) is 6.92 Å². The van der Waals surface area contributed by atoms with Gasteiger partial charge in [-0.3, -0.25) is 0 Å². The first-order chi connectivity index (χ1) is 6.61. The van der Waals surface area contributed by atoms with Crippen molar-refractivity contribution in [2.45, 2.75) is 20.0 Å². The number of fused-ring (bicyclic) bond motifs is 1. The van der Waals surface area contributed by atoms with E-state index in [9.17, 15) is 5.11 Å². The average molecular weight is 192 g/mol. The van der Waals surface area contributed by atoms with Crippen LogP contribution in [-0.4, -0.2) is 19.7 Å². The van der Waals surface area contributed by atoms with Crippen molar-refractivity contribution >= 4 is 11.3 Å². The molecule has 5 heteroatoms. The first-order valence-corrected chi connectivity index (χ1v) is 4.38. The van der Waals surface area contributed by atoms with E-state index in [0.29, 0.717) is 5.82 Å². The Kier molecular flexibility index (Phi) is 1.89. The molecule has 2 rings (SSSR count). The second-order valence-electron chi connectivity index (χ2n) is 3.33. The van der Waals surface area contributed by atoms with Gasteiger partial charge in [0.2, 0.25) is 0 Å². The molecule has 2 aromatic heterocycles. The van der Waals surface area contributed by atoms with Gasteiger partial charge in [0.15, 0.2) is 5.82 Å². The minimum absolute atomic E-state index is 0.435. The Morgan fingerprint density at radius 3 is 2.93 bits per heavy atom. The summed E-state index contributed by atoms with van der Waals surface area (Å²) in [6.07, 6.45) is 0.818. The van der Waals surface area contributed by atoms with E-state index in [1.54, 1.807) is 11.4 Å². The van der Waals surface area contributed by atoms with Crippen LogP contribution in [0.5, 0.6) is 0 Å². The van der Waals surface area contributed by atoms with Gasteiger partial charge in [-0.2, -0.15) is 5.10 Å². The number of anilines is 1. The molecule has 0 spiro atoms. The first kappa shape index (κ1) is 8.96. The molecule has 0 amide bonds. The summed E-state index contributed by atoms with van der Waals surface area (Å²) < 4.78 is 1.63. The number of aromatic nitrogens is 3. The van der Waals surface area contributed by atoms with Gasteiger partial charge in [0.05, 0.1) is 11.8 Å². The molecule has 3 N–H and O–H groups in total. The van der Waals surface area contributed by atoms with E-state index in [4.69, 9.17) is 5.73 Å². The van der Waals surface area contributed by atoms with Gasteiger partial charge in [-0.05, 0) is 25.5 Å². The van der Waals surface area contributed by atoms with Crippen LogP contribution in [0.2, 0.25) is 0 Å². The Labute approximate surface area is 81.2 Å². The molecule has 0 saturated heterocycles. The minimum Gasteiger partial charge on any atom is -0.387 e. The second kappa shape index (κ2) is 2.95. The second-order valence-corrected chi connectivity index (χ2v) is 3.33. The summed E-state index contributed by atoms with van der Waals surface area (Å²) in [4.78, 5) is 3.91. The number of aryl methyl sites for hydroxylation is 1. The number of hydrogen-bond acceptors (Lipinski definition) is 4. The lowest BCUT2D eigenvalue weighted by molar-refractivity contribution is 0.192. The molecule has 0 saturated carbocycles. The van der Waals surface area contributed by atoms with Crippen LogP contribution < -0.4 is 5.73 Å². The van der Waals surface area contributed by atoms with Gasteiger partial charge in [-0.1, -0.05) is 0 Å². The Morgan fingerprint density at radius 1 is 1.57 bits per heavy atom. The highest BCUT2D eigenvalue weighted by molar-refractivity contribution is 5.70. The van der Waals surface area contributed by atoms with Crippen molar-refractivity contribution in [1.29, 1.82) is 0 Å². The molecular weight excluding hydrogens is 180 g/mol. The van der Waals surface area contributed by atoms with Gasteiger partial charge in [-0.25, -0.2) is 9.50 Å². The zero-order valence-electron chi connectivity index (χ0n) is 8.10. The summed E-state index contributed by atoms with van der Waals surface area (Å²) in [5.74, 6) is 0.435. The number of hydrogen-bond donors (Lipinski definition) is 2. The SMILES string of the molecule is Cc1cc(C(C)O)n2ncnc(N)c12. The maximum atomic E-state index is 9.50. The highest BCUT2D eigenvalue weighted by Gasteiger charge is 2.13. The van der Waals surface area contributed by atoms with Crippen LogP contribution in [0.1, 0.15) is 24.3 Å². The zero-order valence-corrected chi connectivity index (χ0v) is 8.10. The largest absolute Gasteiger partial charge is 0.387 e. The predicted molar refractivity (Wildman–Crippen MR) is 52.8 cm³/mol. The van der Waals surface area contributed by atoms with Crippen molar-refractivity contribution in [2.75, 3.05) is 5.73 Å². The van der Waals surface area contributed by atoms with E-state index < -0.39 is 6.10 Å². The molecule has 74 valence electrons. The molecule has 0 fully saturated rings. The molecule has 2 aromatic rings. The van der Waals surface area contributed by atoms with Crippen LogP contribution >= 0.6 is 0 Å². The first-order valence-electron chi connectivity index (χ1n) is 4.38. The van der Waals surface area contributed by atoms with E-state index in [-0.39, 0.29) is 0 Å². The zero-order chi connectivity index (χ0) is 10.3. The topological polar surface area (TPSA) is 76.4 Å². The van der Waals surface area contributed by atoms with Crippen molar-refractivity contribution in [3.05, 3.63) is 23.7 Å². The molecule has 0 radical (unpaired) electrons. The molecule has 1 unspecified atom stereocenters. The van der Waals surface area contributed by atoms with Gasteiger partial charge in [0.1, 0.15) is 11.8 Å². The molecular formula is C9H12N4O. The van der Waals surface area contributed by atoms with Crippen LogP contribution in [0.4, 0.5) is 5.82 Å². The third-order valence-corrected chi connectivity index (χ3v) is 2.23. The lowest BCUT2D eigenvalue weighted by atomic mass is 10.2. The van der Waals surface area contributed by atoms with Crippen LogP contribution in [0.3, 0.4) is 0 Å². The lowest BCUT2D eigenvalue weighted by Gasteiger charge is -2.04. The van der Waals surface area contributed by atoms with Crippen molar-refractivity contribution in [2.24, 2.45) is 0 Å². The molecule has 1 atom stereocenters. The van der Waals surface area contributed by atoms with Crippen LogP contribution in [0.15, 0.2) is 12.4 Å². The Bertz CT molecular complexity index is 475. The third-order valence-electron chi connectivity index (χ3n) is 2.23. The molecule has 14 heavy (non-hydrogen) atoms. The van der Waals surface area contributed by atoms with Crippen molar-refractivity contribution < 1.29 is 5.11 Å². The van der Waals surface area contributed by atoms with Gasteiger partial charge in [0, 0.05) is 0 Å². The monoisotopic (exact) mass is 192 g/mol. The summed E-state index contributed by atoms with van der Waals surface area (Å²) in [6, 6.07) is 1.87. The highest BCUT2D eigenvalue weighted by atomic mass is 16.3. The van der Waals surface area contributed by atoms with Gasteiger partial charge in [0.25, 0.3) is 0 Å². The third kappa shape index (κ3) is 1.13. The normalized spacial score (nSPS) is 13.4. The summed E-state index contributed by atoms with van der Waals surface area (Å²) in [5.41, 5.74) is 8.18. The number of aliphatic hydroxyl groups is 1. The fourth-order valence-electron chi connectivity index (χ4n) is 1.58. The minimum atomic E-state index is -0.564. The quantitative estimate of drug-likeness (QED) is 0.696. The fraction of sp³-hybridized carbons (Fsp3) is 0.333. The number of nitrogens with two attached hydrogens (primary N) is 1. The Balaban J connectivity index is 2.84. The number of rotatable bonds is 1. The average Bonchev–Trinajstić information content (AvgIpc) is 2.45. The van der Waals surface area contributed by atoms with Crippen molar-refractivity contribution in [1.82, 2.24) is 14.6 Å².